The zero-order valence-corrected chi connectivity index (χ0v) is 13.8. The average Bonchev–Trinajstić information content (AvgIpc) is 3.02. The van der Waals surface area contributed by atoms with Crippen LogP contribution >= 0.6 is 0 Å². The molecule has 1 fully saturated rings. The van der Waals surface area contributed by atoms with E-state index in [4.69, 9.17) is 0 Å². The zero-order chi connectivity index (χ0) is 16.2. The molecule has 1 aliphatic rings. The van der Waals surface area contributed by atoms with E-state index in [-0.39, 0.29) is 5.92 Å². The lowest BCUT2D eigenvalue weighted by Crippen LogP contribution is -2.35. The van der Waals surface area contributed by atoms with Crippen LogP contribution in [0, 0.1) is 5.92 Å². The Kier molecular flexibility index (Phi) is 4.81. The van der Waals surface area contributed by atoms with Crippen molar-refractivity contribution in [2.45, 2.75) is 32.7 Å². The van der Waals surface area contributed by atoms with Gasteiger partial charge in [-0.2, -0.15) is 4.80 Å². The molecule has 2 aromatic rings. The average molecular weight is 313 g/mol. The van der Waals surface area contributed by atoms with Gasteiger partial charge in [0, 0.05) is 24.4 Å². The number of piperidine rings is 1. The van der Waals surface area contributed by atoms with E-state index in [0.29, 0.717) is 18.0 Å². The molecule has 0 spiro atoms. The second kappa shape index (κ2) is 7.00. The van der Waals surface area contributed by atoms with E-state index in [1.54, 1.807) is 7.05 Å². The van der Waals surface area contributed by atoms with E-state index in [0.717, 1.165) is 38.0 Å². The Morgan fingerprint density at radius 3 is 2.48 bits per heavy atom. The molecule has 1 aromatic heterocycles. The number of tetrazole rings is 1. The lowest BCUT2D eigenvalue weighted by atomic mass is 9.91. The molecule has 0 bridgehead atoms. The first-order valence-electron chi connectivity index (χ1n) is 8.24. The monoisotopic (exact) mass is 313 g/mol. The van der Waals surface area contributed by atoms with E-state index < -0.39 is 0 Å². The topological polar surface area (TPSA) is 63.9 Å². The number of carbonyl (C=O) groups is 1. The minimum atomic E-state index is 0.279. The van der Waals surface area contributed by atoms with Gasteiger partial charge in [0.2, 0.25) is 5.82 Å². The molecular formula is C17H23N5O. The fourth-order valence-electron chi connectivity index (χ4n) is 3.12. The van der Waals surface area contributed by atoms with Crippen molar-refractivity contribution in [2.75, 3.05) is 13.1 Å². The Morgan fingerprint density at radius 1 is 1.22 bits per heavy atom. The maximum absolute atomic E-state index is 11.8. The van der Waals surface area contributed by atoms with Gasteiger partial charge in [-0.15, -0.1) is 10.2 Å². The third-order valence-corrected chi connectivity index (χ3v) is 4.52. The minimum Gasteiger partial charge on any atom is -0.299 e. The third kappa shape index (κ3) is 3.82. The van der Waals surface area contributed by atoms with Crippen molar-refractivity contribution in [1.82, 2.24) is 25.1 Å². The fourth-order valence-corrected chi connectivity index (χ4v) is 3.12. The molecule has 122 valence electrons. The number of nitrogens with zero attached hydrogens (tertiary/aromatic N) is 5. The maximum Gasteiger partial charge on any atom is 0.204 e. The van der Waals surface area contributed by atoms with E-state index in [9.17, 15) is 4.79 Å². The summed E-state index contributed by atoms with van der Waals surface area (Å²) >= 11 is 0. The summed E-state index contributed by atoms with van der Waals surface area (Å²) in [7, 11) is 1.76. The van der Waals surface area contributed by atoms with Gasteiger partial charge < -0.3 is 0 Å². The van der Waals surface area contributed by atoms with Gasteiger partial charge >= 0.3 is 0 Å². The second-order valence-electron chi connectivity index (χ2n) is 6.17. The summed E-state index contributed by atoms with van der Waals surface area (Å²) in [5.74, 6) is 1.35. The van der Waals surface area contributed by atoms with Crippen LogP contribution in [-0.2, 0) is 18.4 Å². The predicted octanol–water partition coefficient (Wildman–Crippen LogP) is 2.07. The van der Waals surface area contributed by atoms with Crippen molar-refractivity contribution in [3.05, 3.63) is 29.8 Å². The number of carbonyl (C=O) groups excluding carboxylic acids is 1. The molecule has 0 atom stereocenters. The number of Topliss-reactive ketones (excluding diaryl/α,β-unsaturated/α-hetero) is 1. The van der Waals surface area contributed by atoms with Crippen molar-refractivity contribution in [1.29, 1.82) is 0 Å². The fraction of sp³-hybridized carbons (Fsp3) is 0.529. The standard InChI is InChI=1S/C17H23N5O/c1-3-16(23)14-8-10-22(11-9-14)12-13-4-6-15(7-5-13)17-18-20-21(2)19-17/h4-7,14H,3,8-12H2,1-2H3. The second-order valence-corrected chi connectivity index (χ2v) is 6.17. The van der Waals surface area contributed by atoms with Crippen LogP contribution in [0.1, 0.15) is 31.7 Å². The molecule has 1 aromatic carbocycles. The first kappa shape index (κ1) is 15.8. The van der Waals surface area contributed by atoms with Crippen molar-refractivity contribution < 1.29 is 4.79 Å². The van der Waals surface area contributed by atoms with E-state index in [1.165, 1.54) is 10.4 Å². The highest BCUT2D eigenvalue weighted by atomic mass is 16.1. The summed E-state index contributed by atoms with van der Waals surface area (Å²) in [6.45, 7) is 4.90. The Morgan fingerprint density at radius 2 is 1.91 bits per heavy atom. The van der Waals surface area contributed by atoms with Gasteiger partial charge in [0.1, 0.15) is 5.78 Å². The van der Waals surface area contributed by atoms with Gasteiger partial charge in [0.05, 0.1) is 7.05 Å². The van der Waals surface area contributed by atoms with Crippen LogP contribution in [-0.4, -0.2) is 44.0 Å². The predicted molar refractivity (Wildman–Crippen MR) is 87.5 cm³/mol. The first-order valence-corrected chi connectivity index (χ1v) is 8.24. The van der Waals surface area contributed by atoms with Crippen molar-refractivity contribution in [3.8, 4) is 11.4 Å². The maximum atomic E-state index is 11.8. The lowest BCUT2D eigenvalue weighted by molar-refractivity contribution is -0.124. The number of hydrogen-bond donors (Lipinski definition) is 0. The molecule has 0 unspecified atom stereocenters. The van der Waals surface area contributed by atoms with Crippen LogP contribution in [0.2, 0.25) is 0 Å². The van der Waals surface area contributed by atoms with Gasteiger partial charge in [0.25, 0.3) is 0 Å². The summed E-state index contributed by atoms with van der Waals surface area (Å²) in [6.07, 6.45) is 2.66. The molecule has 0 N–H and O–H groups in total. The van der Waals surface area contributed by atoms with E-state index in [2.05, 4.69) is 32.4 Å². The molecule has 0 radical (unpaired) electrons. The molecule has 1 aliphatic heterocycles. The van der Waals surface area contributed by atoms with Gasteiger partial charge in [-0.05, 0) is 36.7 Å². The summed E-state index contributed by atoms with van der Waals surface area (Å²) < 4.78 is 0. The number of likely N-dealkylation sites (tertiary alicyclic amines) is 1. The van der Waals surface area contributed by atoms with E-state index in [1.807, 2.05) is 19.1 Å². The van der Waals surface area contributed by atoms with E-state index >= 15 is 0 Å². The number of aryl methyl sites for hydroxylation is 1. The highest BCUT2D eigenvalue weighted by molar-refractivity contribution is 5.80. The van der Waals surface area contributed by atoms with Gasteiger partial charge in [-0.1, -0.05) is 31.2 Å². The molecule has 2 heterocycles. The van der Waals surface area contributed by atoms with Crippen LogP contribution < -0.4 is 0 Å². The molecule has 23 heavy (non-hydrogen) atoms. The van der Waals surface area contributed by atoms with Gasteiger partial charge in [0.15, 0.2) is 0 Å². The molecule has 0 saturated carbocycles. The Bertz CT molecular complexity index is 656. The Labute approximate surface area is 136 Å². The third-order valence-electron chi connectivity index (χ3n) is 4.52. The Balaban J connectivity index is 1.56. The summed E-state index contributed by atoms with van der Waals surface area (Å²) in [4.78, 5) is 15.7. The molecule has 3 rings (SSSR count). The number of hydrogen-bond acceptors (Lipinski definition) is 5. The molecule has 0 aliphatic carbocycles. The van der Waals surface area contributed by atoms with Crippen LogP contribution in [0.3, 0.4) is 0 Å². The first-order chi connectivity index (χ1) is 11.2. The molecule has 0 amide bonds. The lowest BCUT2D eigenvalue weighted by Gasteiger charge is -2.31. The van der Waals surface area contributed by atoms with Crippen molar-refractivity contribution >= 4 is 5.78 Å². The quantitative estimate of drug-likeness (QED) is 0.845. The zero-order valence-electron chi connectivity index (χ0n) is 13.8. The summed E-state index contributed by atoms with van der Waals surface area (Å²) in [6, 6.07) is 8.32. The minimum absolute atomic E-state index is 0.279. The largest absolute Gasteiger partial charge is 0.299 e. The molecule has 6 heteroatoms. The smallest absolute Gasteiger partial charge is 0.204 e. The SMILES string of the molecule is CCC(=O)C1CCN(Cc2ccc(-c3nnn(C)n3)cc2)CC1. The number of benzene rings is 1. The van der Waals surface area contributed by atoms with Crippen LogP contribution in [0.4, 0.5) is 0 Å². The van der Waals surface area contributed by atoms with Gasteiger partial charge in [-0.3, -0.25) is 9.69 Å². The van der Waals surface area contributed by atoms with Crippen molar-refractivity contribution in [2.24, 2.45) is 13.0 Å². The molecular weight excluding hydrogens is 290 g/mol. The van der Waals surface area contributed by atoms with Crippen molar-refractivity contribution in [3.63, 3.8) is 0 Å². The highest BCUT2D eigenvalue weighted by Gasteiger charge is 2.23. The normalized spacial score (nSPS) is 16.6. The molecule has 6 nitrogen and oxygen atoms in total. The summed E-state index contributed by atoms with van der Waals surface area (Å²) in [5, 5.41) is 12.1. The Hall–Kier alpha value is -2.08. The summed E-state index contributed by atoms with van der Waals surface area (Å²) in [5.41, 5.74) is 2.26. The van der Waals surface area contributed by atoms with Crippen LogP contribution in [0.15, 0.2) is 24.3 Å². The van der Waals surface area contributed by atoms with Gasteiger partial charge in [-0.25, -0.2) is 0 Å². The van der Waals surface area contributed by atoms with Crippen LogP contribution in [0.5, 0.6) is 0 Å². The highest BCUT2D eigenvalue weighted by Crippen LogP contribution is 2.21. The molecule has 1 saturated heterocycles. The number of rotatable bonds is 5. The van der Waals surface area contributed by atoms with Crippen LogP contribution in [0.25, 0.3) is 11.4 Å². The number of aromatic nitrogens is 4. The number of ketones is 1.